The zero-order valence-electron chi connectivity index (χ0n) is 8.27. The maximum Gasteiger partial charge on any atom is 0.573 e. The minimum atomic E-state index is -4.99. The second-order valence-corrected chi connectivity index (χ2v) is 3.70. The van der Waals surface area contributed by atoms with Crippen LogP contribution >= 0.6 is 15.9 Å². The van der Waals surface area contributed by atoms with E-state index in [-0.39, 0.29) is 10.0 Å². The van der Waals surface area contributed by atoms with Gasteiger partial charge in [0.25, 0.3) is 0 Å². The van der Waals surface area contributed by atoms with Gasteiger partial charge in [-0.3, -0.25) is 0 Å². The van der Waals surface area contributed by atoms with Gasteiger partial charge in [0.15, 0.2) is 5.75 Å². The lowest BCUT2D eigenvalue weighted by atomic mass is 10.2. The topological polar surface area (TPSA) is 95.3 Å². The highest BCUT2D eigenvalue weighted by Gasteiger charge is 2.33. The van der Waals surface area contributed by atoms with Crippen molar-refractivity contribution in [3.8, 4) is 5.75 Å². The van der Waals surface area contributed by atoms with Crippen LogP contribution in [-0.2, 0) is 0 Å². The molecule has 0 saturated heterocycles. The molecule has 0 unspecified atom stereocenters. The molecule has 0 radical (unpaired) electrons. The lowest BCUT2D eigenvalue weighted by Gasteiger charge is -2.13. The van der Waals surface area contributed by atoms with Gasteiger partial charge in [-0.05, 0) is 33.6 Å². The van der Waals surface area contributed by atoms with Crippen LogP contribution in [0.5, 0.6) is 5.75 Å². The average Bonchev–Trinajstić information content (AvgIpc) is 2.21. The molecular formula is C8H3BrF3N3O3. The summed E-state index contributed by atoms with van der Waals surface area (Å²) in [4.78, 5) is 13.0. The van der Waals surface area contributed by atoms with Crippen molar-refractivity contribution in [2.45, 2.75) is 6.36 Å². The summed E-state index contributed by atoms with van der Waals surface area (Å²) >= 11 is 2.72. The van der Waals surface area contributed by atoms with Crippen LogP contribution in [0.2, 0.25) is 0 Å². The highest BCUT2D eigenvalue weighted by molar-refractivity contribution is 9.10. The Labute approximate surface area is 106 Å². The van der Waals surface area contributed by atoms with E-state index in [1.807, 2.05) is 0 Å². The van der Waals surface area contributed by atoms with Crippen LogP contribution in [0.1, 0.15) is 10.4 Å². The van der Waals surface area contributed by atoms with E-state index in [0.717, 1.165) is 12.1 Å². The van der Waals surface area contributed by atoms with E-state index in [2.05, 4.69) is 30.7 Å². The second-order valence-electron chi connectivity index (χ2n) is 2.85. The number of carbonyl (C=O) groups is 1. The highest BCUT2D eigenvalue weighted by Crippen LogP contribution is 2.40. The molecule has 0 aliphatic rings. The first kappa shape index (κ1) is 14.1. The number of hydrogen-bond acceptors (Lipinski definition) is 3. The number of rotatable bonds is 3. The predicted octanol–water partition coefficient (Wildman–Crippen LogP) is 3.99. The molecule has 1 aromatic carbocycles. The zero-order valence-corrected chi connectivity index (χ0v) is 9.86. The molecular weight excluding hydrogens is 323 g/mol. The van der Waals surface area contributed by atoms with Crippen molar-refractivity contribution in [1.82, 2.24) is 0 Å². The van der Waals surface area contributed by atoms with E-state index in [4.69, 9.17) is 10.6 Å². The maximum absolute atomic E-state index is 12.1. The molecule has 6 nitrogen and oxygen atoms in total. The van der Waals surface area contributed by atoms with Gasteiger partial charge in [0.05, 0.1) is 15.7 Å². The minimum Gasteiger partial charge on any atom is -0.478 e. The van der Waals surface area contributed by atoms with Gasteiger partial charge in [0, 0.05) is 4.91 Å². The fraction of sp³-hybridized carbons (Fsp3) is 0.125. The SMILES string of the molecule is [N-]=[N+]=Nc1cc(C(=O)O)cc(Br)c1OC(F)(F)F. The molecule has 1 aromatic rings. The monoisotopic (exact) mass is 325 g/mol. The Balaban J connectivity index is 3.40. The molecule has 0 amide bonds. The first-order chi connectivity index (χ1) is 8.24. The summed E-state index contributed by atoms with van der Waals surface area (Å²) in [6.45, 7) is 0. The smallest absolute Gasteiger partial charge is 0.478 e. The quantitative estimate of drug-likeness (QED) is 0.517. The molecule has 0 atom stereocenters. The molecule has 18 heavy (non-hydrogen) atoms. The van der Waals surface area contributed by atoms with Crippen LogP contribution in [0, 0.1) is 0 Å². The molecule has 0 spiro atoms. The van der Waals surface area contributed by atoms with Crippen molar-refractivity contribution in [2.24, 2.45) is 5.11 Å². The van der Waals surface area contributed by atoms with Crippen molar-refractivity contribution >= 4 is 27.6 Å². The number of ether oxygens (including phenoxy) is 1. The van der Waals surface area contributed by atoms with Crippen LogP contribution in [-0.4, -0.2) is 17.4 Å². The lowest BCUT2D eigenvalue weighted by Crippen LogP contribution is -2.17. The summed E-state index contributed by atoms with van der Waals surface area (Å²) in [5.74, 6) is -2.19. The number of azide groups is 1. The second kappa shape index (κ2) is 5.15. The molecule has 96 valence electrons. The molecule has 0 bridgehead atoms. The Bertz CT molecular complexity index is 540. The standard InChI is InChI=1S/C8H3BrF3N3O3/c9-4-1-3(7(16)17)2-5(14-15-13)6(4)18-8(10,11)12/h1-2H,(H,16,17). The van der Waals surface area contributed by atoms with Crippen LogP contribution in [0.3, 0.4) is 0 Å². The highest BCUT2D eigenvalue weighted by atomic mass is 79.9. The van der Waals surface area contributed by atoms with Crippen LogP contribution in [0.15, 0.2) is 21.7 Å². The molecule has 1 rings (SSSR count). The molecule has 0 aliphatic heterocycles. The molecule has 10 heteroatoms. The van der Waals surface area contributed by atoms with Gasteiger partial charge in [0.1, 0.15) is 0 Å². The number of nitrogens with zero attached hydrogens (tertiary/aromatic N) is 3. The lowest BCUT2D eigenvalue weighted by molar-refractivity contribution is -0.274. The Morgan fingerprint density at radius 2 is 2.11 bits per heavy atom. The Morgan fingerprint density at radius 1 is 1.50 bits per heavy atom. The van der Waals surface area contributed by atoms with Crippen molar-refractivity contribution in [2.75, 3.05) is 0 Å². The van der Waals surface area contributed by atoms with E-state index in [0.29, 0.717) is 0 Å². The molecule has 1 N–H and O–H groups in total. The van der Waals surface area contributed by atoms with Crippen molar-refractivity contribution < 1.29 is 27.8 Å². The number of alkyl halides is 3. The summed E-state index contributed by atoms with van der Waals surface area (Å²) in [6.07, 6.45) is -4.99. The van der Waals surface area contributed by atoms with E-state index in [9.17, 15) is 18.0 Å². The fourth-order valence-corrected chi connectivity index (χ4v) is 1.57. The van der Waals surface area contributed by atoms with Crippen molar-refractivity contribution in [1.29, 1.82) is 0 Å². The number of hydrogen-bond donors (Lipinski definition) is 1. The predicted molar refractivity (Wildman–Crippen MR) is 56.6 cm³/mol. The van der Waals surface area contributed by atoms with Gasteiger partial charge in [0.2, 0.25) is 0 Å². The third-order valence-electron chi connectivity index (χ3n) is 1.64. The largest absolute Gasteiger partial charge is 0.573 e. The van der Waals surface area contributed by atoms with Gasteiger partial charge in [-0.2, -0.15) is 0 Å². The number of carboxylic acid groups (broad SMARTS) is 1. The first-order valence-corrected chi connectivity index (χ1v) is 4.91. The minimum absolute atomic E-state index is 0.290. The van der Waals surface area contributed by atoms with Crippen LogP contribution in [0.25, 0.3) is 10.4 Å². The Hall–Kier alpha value is -1.93. The van der Waals surface area contributed by atoms with Crippen LogP contribution < -0.4 is 4.74 Å². The number of aromatic carboxylic acids is 1. The number of halogens is 4. The molecule has 0 aliphatic carbocycles. The van der Waals surface area contributed by atoms with Crippen molar-refractivity contribution in [3.05, 3.63) is 32.6 Å². The zero-order chi connectivity index (χ0) is 13.9. The van der Waals surface area contributed by atoms with E-state index < -0.39 is 23.8 Å². The van der Waals surface area contributed by atoms with E-state index >= 15 is 0 Å². The summed E-state index contributed by atoms with van der Waals surface area (Å²) in [5, 5.41) is 11.7. The average molecular weight is 326 g/mol. The van der Waals surface area contributed by atoms with Gasteiger partial charge < -0.3 is 9.84 Å². The van der Waals surface area contributed by atoms with Gasteiger partial charge in [-0.15, -0.1) is 13.2 Å². The molecule has 0 aromatic heterocycles. The third-order valence-corrected chi connectivity index (χ3v) is 2.23. The van der Waals surface area contributed by atoms with Crippen molar-refractivity contribution in [3.63, 3.8) is 0 Å². The Kier molecular flexibility index (Phi) is 4.04. The Morgan fingerprint density at radius 3 is 2.56 bits per heavy atom. The number of carboxylic acids is 1. The summed E-state index contributed by atoms with van der Waals surface area (Å²) in [5.41, 5.74) is 7.29. The molecule has 0 heterocycles. The van der Waals surface area contributed by atoms with E-state index in [1.54, 1.807) is 0 Å². The molecule has 0 saturated carbocycles. The summed E-state index contributed by atoms with van der Waals surface area (Å²) in [7, 11) is 0. The number of benzene rings is 1. The summed E-state index contributed by atoms with van der Waals surface area (Å²) < 4.78 is 39.7. The third kappa shape index (κ3) is 3.54. The first-order valence-electron chi connectivity index (χ1n) is 4.12. The van der Waals surface area contributed by atoms with E-state index in [1.165, 1.54) is 0 Å². The van der Waals surface area contributed by atoms with Crippen LogP contribution in [0.4, 0.5) is 18.9 Å². The normalized spacial score (nSPS) is 10.7. The molecule has 0 fully saturated rings. The van der Waals surface area contributed by atoms with Gasteiger partial charge >= 0.3 is 12.3 Å². The fourth-order valence-electron chi connectivity index (χ4n) is 1.04. The van der Waals surface area contributed by atoms with Gasteiger partial charge in [-0.25, -0.2) is 4.79 Å². The van der Waals surface area contributed by atoms with Gasteiger partial charge in [-0.1, -0.05) is 5.11 Å². The summed E-state index contributed by atoms with van der Waals surface area (Å²) in [6, 6.07) is 1.67. The maximum atomic E-state index is 12.1.